The Labute approximate surface area is 95.7 Å². The van der Waals surface area contributed by atoms with Crippen LogP contribution in [0.1, 0.15) is 33.6 Å². The molecule has 0 aromatic heterocycles. The van der Waals surface area contributed by atoms with Crippen molar-refractivity contribution in [3.8, 4) is 0 Å². The molecule has 92 valence electrons. The SMILES string of the molecule is CCOC(=O)CC(=O)CC(=O)N(CC)CC. The number of hydrogen-bond acceptors (Lipinski definition) is 4. The normalized spacial score (nSPS) is 9.69. The summed E-state index contributed by atoms with van der Waals surface area (Å²) in [5.74, 6) is -1.20. The number of amides is 1. The monoisotopic (exact) mass is 229 g/mol. The van der Waals surface area contributed by atoms with Gasteiger partial charge >= 0.3 is 5.97 Å². The van der Waals surface area contributed by atoms with Crippen molar-refractivity contribution in [2.75, 3.05) is 19.7 Å². The molecule has 0 saturated heterocycles. The number of carbonyl (C=O) groups excluding carboxylic acids is 3. The molecule has 0 heterocycles. The second kappa shape index (κ2) is 7.84. The Bertz CT molecular complexity index is 259. The topological polar surface area (TPSA) is 63.7 Å². The molecule has 0 spiro atoms. The van der Waals surface area contributed by atoms with E-state index in [9.17, 15) is 14.4 Å². The van der Waals surface area contributed by atoms with E-state index >= 15 is 0 Å². The Hall–Kier alpha value is -1.39. The third-order valence-corrected chi connectivity index (χ3v) is 2.11. The third-order valence-electron chi connectivity index (χ3n) is 2.11. The van der Waals surface area contributed by atoms with Gasteiger partial charge in [0.05, 0.1) is 13.0 Å². The summed E-state index contributed by atoms with van der Waals surface area (Å²) in [6.45, 7) is 6.75. The van der Waals surface area contributed by atoms with Gasteiger partial charge in [-0.1, -0.05) is 0 Å². The van der Waals surface area contributed by atoms with Gasteiger partial charge in [0, 0.05) is 13.1 Å². The van der Waals surface area contributed by atoms with Crippen LogP contribution in [0.15, 0.2) is 0 Å². The van der Waals surface area contributed by atoms with E-state index in [4.69, 9.17) is 0 Å². The Kier molecular flexibility index (Phi) is 7.16. The minimum atomic E-state index is -0.570. The molecule has 0 aromatic rings. The first-order chi connectivity index (χ1) is 7.54. The van der Waals surface area contributed by atoms with Crippen molar-refractivity contribution in [2.45, 2.75) is 33.6 Å². The molecule has 0 aliphatic heterocycles. The summed E-state index contributed by atoms with van der Waals surface area (Å²) < 4.78 is 4.62. The highest BCUT2D eigenvalue weighted by atomic mass is 16.5. The molecule has 0 saturated carbocycles. The summed E-state index contributed by atoms with van der Waals surface area (Å²) in [5.41, 5.74) is 0. The number of esters is 1. The first-order valence-corrected chi connectivity index (χ1v) is 5.50. The highest BCUT2D eigenvalue weighted by Gasteiger charge is 2.17. The molecule has 5 nitrogen and oxygen atoms in total. The third kappa shape index (κ3) is 5.48. The van der Waals surface area contributed by atoms with Crippen molar-refractivity contribution in [1.82, 2.24) is 4.90 Å². The molecule has 0 aliphatic rings. The van der Waals surface area contributed by atoms with Gasteiger partial charge in [-0.05, 0) is 20.8 Å². The standard InChI is InChI=1S/C11H19NO4/c1-4-12(5-2)10(14)7-9(13)8-11(15)16-6-3/h4-8H2,1-3H3. The smallest absolute Gasteiger partial charge is 0.313 e. The Balaban J connectivity index is 4.04. The van der Waals surface area contributed by atoms with Crippen molar-refractivity contribution in [1.29, 1.82) is 0 Å². The second-order valence-electron chi connectivity index (χ2n) is 3.26. The molecule has 0 rings (SSSR count). The quantitative estimate of drug-likeness (QED) is 0.478. The fourth-order valence-corrected chi connectivity index (χ4v) is 1.29. The fraction of sp³-hybridized carbons (Fsp3) is 0.727. The fourth-order valence-electron chi connectivity index (χ4n) is 1.29. The van der Waals surface area contributed by atoms with Gasteiger partial charge in [-0.3, -0.25) is 14.4 Å². The molecule has 0 bridgehead atoms. The van der Waals surface area contributed by atoms with Gasteiger partial charge < -0.3 is 9.64 Å². The lowest BCUT2D eigenvalue weighted by Crippen LogP contribution is -2.32. The average Bonchev–Trinajstić information content (AvgIpc) is 2.19. The summed E-state index contributed by atoms with van der Waals surface area (Å²) >= 11 is 0. The molecule has 0 aromatic carbocycles. The van der Waals surface area contributed by atoms with Gasteiger partial charge in [0.15, 0.2) is 5.78 Å². The first kappa shape index (κ1) is 14.6. The molecule has 0 fully saturated rings. The number of Topliss-reactive ketones (excluding diaryl/α,β-unsaturated/α-hetero) is 1. The Morgan fingerprint density at radius 3 is 2.00 bits per heavy atom. The first-order valence-electron chi connectivity index (χ1n) is 5.50. The molecule has 0 N–H and O–H groups in total. The number of rotatable bonds is 7. The Morgan fingerprint density at radius 1 is 1.00 bits per heavy atom. The number of ether oxygens (including phenoxy) is 1. The minimum Gasteiger partial charge on any atom is -0.466 e. The molecule has 1 amide bonds. The molecular formula is C11H19NO4. The zero-order chi connectivity index (χ0) is 12.6. The van der Waals surface area contributed by atoms with Crippen LogP contribution in [0.4, 0.5) is 0 Å². The highest BCUT2D eigenvalue weighted by Crippen LogP contribution is 1.99. The molecule has 16 heavy (non-hydrogen) atoms. The van der Waals surface area contributed by atoms with Crippen LogP contribution < -0.4 is 0 Å². The van der Waals surface area contributed by atoms with Crippen LogP contribution in [0.5, 0.6) is 0 Å². The van der Waals surface area contributed by atoms with E-state index in [1.165, 1.54) is 0 Å². The molecule has 0 radical (unpaired) electrons. The van der Waals surface area contributed by atoms with E-state index in [0.29, 0.717) is 13.1 Å². The number of hydrogen-bond donors (Lipinski definition) is 0. The zero-order valence-electron chi connectivity index (χ0n) is 10.1. The van der Waals surface area contributed by atoms with Crippen molar-refractivity contribution >= 4 is 17.7 Å². The van der Waals surface area contributed by atoms with Crippen molar-refractivity contribution in [3.05, 3.63) is 0 Å². The molecule has 0 unspecified atom stereocenters. The largest absolute Gasteiger partial charge is 0.466 e. The lowest BCUT2D eigenvalue weighted by Gasteiger charge is -2.17. The maximum Gasteiger partial charge on any atom is 0.313 e. The van der Waals surface area contributed by atoms with Gasteiger partial charge in [-0.15, -0.1) is 0 Å². The predicted molar refractivity (Wildman–Crippen MR) is 58.8 cm³/mol. The summed E-state index contributed by atoms with van der Waals surface area (Å²) in [4.78, 5) is 35.4. The van der Waals surface area contributed by atoms with E-state index in [1.807, 2.05) is 13.8 Å². The number of nitrogens with zero attached hydrogens (tertiary/aromatic N) is 1. The van der Waals surface area contributed by atoms with Crippen LogP contribution >= 0.6 is 0 Å². The van der Waals surface area contributed by atoms with Crippen LogP contribution in [0.25, 0.3) is 0 Å². The maximum atomic E-state index is 11.5. The lowest BCUT2D eigenvalue weighted by molar-refractivity contribution is -0.146. The molecule has 0 aliphatic carbocycles. The Morgan fingerprint density at radius 2 is 1.56 bits per heavy atom. The van der Waals surface area contributed by atoms with Crippen molar-refractivity contribution in [3.63, 3.8) is 0 Å². The minimum absolute atomic E-state index is 0.222. The van der Waals surface area contributed by atoms with Crippen LogP contribution in [0.3, 0.4) is 0 Å². The van der Waals surface area contributed by atoms with E-state index in [-0.39, 0.29) is 25.4 Å². The predicted octanol–water partition coefficient (Wildman–Crippen LogP) is 0.767. The number of ketones is 1. The van der Waals surface area contributed by atoms with Crippen molar-refractivity contribution in [2.24, 2.45) is 0 Å². The van der Waals surface area contributed by atoms with Crippen LogP contribution in [0, 0.1) is 0 Å². The summed E-state index contributed by atoms with van der Waals surface area (Å²) in [7, 11) is 0. The van der Waals surface area contributed by atoms with Gasteiger partial charge in [0.2, 0.25) is 5.91 Å². The summed E-state index contributed by atoms with van der Waals surface area (Å²) in [6.07, 6.45) is -0.540. The maximum absolute atomic E-state index is 11.5. The summed E-state index contributed by atoms with van der Waals surface area (Å²) in [6, 6.07) is 0. The van der Waals surface area contributed by atoms with Gasteiger partial charge in [-0.2, -0.15) is 0 Å². The number of carbonyl (C=O) groups is 3. The van der Waals surface area contributed by atoms with E-state index in [2.05, 4.69) is 4.74 Å². The van der Waals surface area contributed by atoms with Crippen LogP contribution in [-0.2, 0) is 19.1 Å². The van der Waals surface area contributed by atoms with Crippen LogP contribution in [-0.4, -0.2) is 42.3 Å². The molecule has 5 heteroatoms. The van der Waals surface area contributed by atoms with E-state index in [1.54, 1.807) is 11.8 Å². The highest BCUT2D eigenvalue weighted by molar-refractivity contribution is 6.04. The van der Waals surface area contributed by atoms with Gasteiger partial charge in [0.1, 0.15) is 6.42 Å². The van der Waals surface area contributed by atoms with Crippen molar-refractivity contribution < 1.29 is 19.1 Å². The van der Waals surface area contributed by atoms with E-state index < -0.39 is 11.8 Å². The van der Waals surface area contributed by atoms with E-state index in [0.717, 1.165) is 0 Å². The van der Waals surface area contributed by atoms with Gasteiger partial charge in [-0.25, -0.2) is 0 Å². The second-order valence-corrected chi connectivity index (χ2v) is 3.26. The zero-order valence-corrected chi connectivity index (χ0v) is 10.1. The molecule has 0 atom stereocenters. The summed E-state index contributed by atoms with van der Waals surface area (Å²) in [5, 5.41) is 0. The molecular weight excluding hydrogens is 210 g/mol. The average molecular weight is 229 g/mol. The van der Waals surface area contributed by atoms with Crippen LogP contribution in [0.2, 0.25) is 0 Å². The van der Waals surface area contributed by atoms with Gasteiger partial charge in [0.25, 0.3) is 0 Å². The lowest BCUT2D eigenvalue weighted by atomic mass is 10.2.